The third kappa shape index (κ3) is 4.07. The zero-order valence-corrected chi connectivity index (χ0v) is 12.4. The number of nitrogen functional groups attached to an aromatic ring is 1. The molecule has 0 fully saturated rings. The lowest BCUT2D eigenvalue weighted by atomic mass is 10.1. The molecule has 20 heavy (non-hydrogen) atoms. The van der Waals surface area contributed by atoms with Crippen LogP contribution < -0.4 is 15.2 Å². The van der Waals surface area contributed by atoms with Gasteiger partial charge in [-0.25, -0.2) is 0 Å². The van der Waals surface area contributed by atoms with Crippen molar-refractivity contribution in [1.82, 2.24) is 0 Å². The summed E-state index contributed by atoms with van der Waals surface area (Å²) in [6.45, 7) is 5.03. The molecule has 0 heterocycles. The van der Waals surface area contributed by atoms with Gasteiger partial charge in [0.05, 0.1) is 10.7 Å². The lowest BCUT2D eigenvalue weighted by Gasteiger charge is -2.10. The van der Waals surface area contributed by atoms with Crippen LogP contribution in [-0.4, -0.2) is 13.2 Å². The fourth-order valence-corrected chi connectivity index (χ4v) is 2.06. The first kappa shape index (κ1) is 14.5. The average Bonchev–Trinajstić information content (AvgIpc) is 2.38. The standard InChI is InChI=1S/C16H18ClNO2/c1-11-7-12(2)9-14(8-11)20-6-5-19-13-3-4-15(17)16(18)10-13/h3-4,7-10H,5-6,18H2,1-2H3. The van der Waals surface area contributed by atoms with Gasteiger partial charge in [-0.05, 0) is 49.2 Å². The molecule has 0 aliphatic heterocycles. The Bertz CT molecular complexity index is 579. The van der Waals surface area contributed by atoms with Crippen molar-refractivity contribution in [3.63, 3.8) is 0 Å². The van der Waals surface area contributed by atoms with Gasteiger partial charge in [0, 0.05) is 6.07 Å². The molecule has 0 aliphatic rings. The van der Waals surface area contributed by atoms with Crippen LogP contribution in [-0.2, 0) is 0 Å². The summed E-state index contributed by atoms with van der Waals surface area (Å²) in [5.74, 6) is 1.55. The first-order valence-electron chi connectivity index (χ1n) is 6.43. The van der Waals surface area contributed by atoms with Gasteiger partial charge in [0.25, 0.3) is 0 Å². The van der Waals surface area contributed by atoms with Crippen molar-refractivity contribution >= 4 is 17.3 Å². The molecule has 0 aliphatic carbocycles. The van der Waals surface area contributed by atoms with Crippen molar-refractivity contribution in [1.29, 1.82) is 0 Å². The Balaban J connectivity index is 1.82. The molecule has 0 amide bonds. The fraction of sp³-hybridized carbons (Fsp3) is 0.250. The van der Waals surface area contributed by atoms with Gasteiger partial charge in [0.1, 0.15) is 24.7 Å². The van der Waals surface area contributed by atoms with E-state index < -0.39 is 0 Å². The second-order valence-corrected chi connectivity index (χ2v) is 5.11. The Hall–Kier alpha value is -1.87. The van der Waals surface area contributed by atoms with Crippen molar-refractivity contribution in [2.45, 2.75) is 13.8 Å². The van der Waals surface area contributed by atoms with Gasteiger partial charge >= 0.3 is 0 Å². The van der Waals surface area contributed by atoms with Crippen molar-refractivity contribution in [3.05, 3.63) is 52.5 Å². The molecule has 0 spiro atoms. The third-order valence-electron chi connectivity index (χ3n) is 2.78. The molecule has 3 nitrogen and oxygen atoms in total. The van der Waals surface area contributed by atoms with E-state index in [9.17, 15) is 0 Å². The fourth-order valence-electron chi connectivity index (χ4n) is 1.95. The van der Waals surface area contributed by atoms with Crippen LogP contribution in [0.25, 0.3) is 0 Å². The Morgan fingerprint density at radius 1 is 0.900 bits per heavy atom. The molecule has 4 heteroatoms. The molecule has 0 saturated carbocycles. The lowest BCUT2D eigenvalue weighted by Crippen LogP contribution is -2.09. The van der Waals surface area contributed by atoms with Gasteiger partial charge in [-0.1, -0.05) is 17.7 Å². The van der Waals surface area contributed by atoms with Crippen LogP contribution in [0.4, 0.5) is 5.69 Å². The molecular weight excluding hydrogens is 274 g/mol. The maximum absolute atomic E-state index is 5.85. The van der Waals surface area contributed by atoms with Gasteiger partial charge in [-0.2, -0.15) is 0 Å². The summed E-state index contributed by atoms with van der Waals surface area (Å²) in [5.41, 5.74) is 8.59. The highest BCUT2D eigenvalue weighted by Gasteiger charge is 2.00. The largest absolute Gasteiger partial charge is 0.490 e. The first-order chi connectivity index (χ1) is 9.54. The van der Waals surface area contributed by atoms with E-state index in [1.165, 1.54) is 11.1 Å². The summed E-state index contributed by atoms with van der Waals surface area (Å²) in [6.07, 6.45) is 0. The smallest absolute Gasteiger partial charge is 0.122 e. The van der Waals surface area contributed by atoms with E-state index in [-0.39, 0.29) is 0 Å². The van der Waals surface area contributed by atoms with E-state index in [1.54, 1.807) is 18.2 Å². The number of ether oxygens (including phenoxy) is 2. The maximum atomic E-state index is 5.85. The molecule has 0 saturated heterocycles. The molecule has 0 aromatic heterocycles. The zero-order valence-electron chi connectivity index (χ0n) is 11.7. The summed E-state index contributed by atoms with van der Waals surface area (Å²) in [6, 6.07) is 11.3. The zero-order chi connectivity index (χ0) is 14.5. The minimum atomic E-state index is 0.452. The molecule has 0 unspecified atom stereocenters. The van der Waals surface area contributed by atoms with Crippen molar-refractivity contribution in [2.75, 3.05) is 18.9 Å². The molecular formula is C16H18ClNO2. The van der Waals surface area contributed by atoms with Crippen LogP contribution >= 0.6 is 11.6 Å². The molecule has 2 aromatic carbocycles. The summed E-state index contributed by atoms with van der Waals surface area (Å²) in [4.78, 5) is 0. The highest BCUT2D eigenvalue weighted by molar-refractivity contribution is 6.33. The highest BCUT2D eigenvalue weighted by atomic mass is 35.5. The Morgan fingerprint density at radius 3 is 2.10 bits per heavy atom. The normalized spacial score (nSPS) is 10.3. The summed E-state index contributed by atoms with van der Waals surface area (Å²) >= 11 is 5.85. The van der Waals surface area contributed by atoms with Gasteiger partial charge in [-0.15, -0.1) is 0 Å². The van der Waals surface area contributed by atoms with Crippen molar-refractivity contribution in [2.24, 2.45) is 0 Å². The quantitative estimate of drug-likeness (QED) is 0.669. The summed E-state index contributed by atoms with van der Waals surface area (Å²) in [5, 5.41) is 0.531. The second-order valence-electron chi connectivity index (χ2n) is 4.70. The minimum absolute atomic E-state index is 0.452. The SMILES string of the molecule is Cc1cc(C)cc(OCCOc2ccc(Cl)c(N)c2)c1. The number of hydrogen-bond acceptors (Lipinski definition) is 3. The molecule has 2 aromatic rings. The lowest BCUT2D eigenvalue weighted by molar-refractivity contribution is 0.217. The predicted molar refractivity (Wildman–Crippen MR) is 82.8 cm³/mol. The number of hydrogen-bond donors (Lipinski definition) is 1. The van der Waals surface area contributed by atoms with Crippen LogP contribution in [0.15, 0.2) is 36.4 Å². The van der Waals surface area contributed by atoms with Crippen molar-refractivity contribution in [3.8, 4) is 11.5 Å². The van der Waals surface area contributed by atoms with Crippen LogP contribution in [0.3, 0.4) is 0 Å². The van der Waals surface area contributed by atoms with Gasteiger partial charge in [0.15, 0.2) is 0 Å². The van der Waals surface area contributed by atoms with Gasteiger partial charge in [0.2, 0.25) is 0 Å². The van der Waals surface area contributed by atoms with Gasteiger partial charge in [-0.3, -0.25) is 0 Å². The molecule has 0 radical (unpaired) electrons. The number of aryl methyl sites for hydroxylation is 2. The molecule has 0 atom stereocenters. The number of anilines is 1. The highest BCUT2D eigenvalue weighted by Crippen LogP contribution is 2.23. The topological polar surface area (TPSA) is 44.5 Å². The van der Waals surface area contributed by atoms with E-state index in [2.05, 4.69) is 6.07 Å². The number of rotatable bonds is 5. The van der Waals surface area contributed by atoms with E-state index in [0.29, 0.717) is 29.7 Å². The van der Waals surface area contributed by atoms with Gasteiger partial charge < -0.3 is 15.2 Å². The van der Waals surface area contributed by atoms with Crippen molar-refractivity contribution < 1.29 is 9.47 Å². The molecule has 0 bridgehead atoms. The van der Waals surface area contributed by atoms with E-state index in [1.807, 2.05) is 26.0 Å². The van der Waals surface area contributed by atoms with E-state index in [4.69, 9.17) is 26.8 Å². The minimum Gasteiger partial charge on any atom is -0.490 e. The number of benzene rings is 2. The van der Waals surface area contributed by atoms with Crippen LogP contribution in [0.2, 0.25) is 5.02 Å². The Morgan fingerprint density at radius 2 is 1.50 bits per heavy atom. The monoisotopic (exact) mass is 291 g/mol. The molecule has 2 N–H and O–H groups in total. The molecule has 2 rings (SSSR count). The average molecular weight is 292 g/mol. The van der Waals surface area contributed by atoms with E-state index >= 15 is 0 Å². The number of nitrogens with two attached hydrogens (primary N) is 1. The number of halogens is 1. The maximum Gasteiger partial charge on any atom is 0.122 e. The summed E-state index contributed by atoms with van der Waals surface area (Å²) < 4.78 is 11.2. The first-order valence-corrected chi connectivity index (χ1v) is 6.81. The Labute approximate surface area is 124 Å². The summed E-state index contributed by atoms with van der Waals surface area (Å²) in [7, 11) is 0. The predicted octanol–water partition coefficient (Wildman–Crippen LogP) is 4.00. The second kappa shape index (κ2) is 6.53. The Kier molecular flexibility index (Phi) is 4.74. The molecule has 106 valence electrons. The van der Waals surface area contributed by atoms with Crippen LogP contribution in [0.1, 0.15) is 11.1 Å². The van der Waals surface area contributed by atoms with Crippen LogP contribution in [0, 0.1) is 13.8 Å². The van der Waals surface area contributed by atoms with Crippen LogP contribution in [0.5, 0.6) is 11.5 Å². The van der Waals surface area contributed by atoms with E-state index in [0.717, 1.165) is 5.75 Å². The third-order valence-corrected chi connectivity index (χ3v) is 3.13.